The molecule has 5 heteroatoms. The van der Waals surface area contributed by atoms with E-state index in [0.717, 1.165) is 27.9 Å². The number of aliphatic imine (C=N–C) groups is 1. The van der Waals surface area contributed by atoms with Crippen LogP contribution in [0.1, 0.15) is 25.0 Å². The Balaban J connectivity index is 1.61. The third-order valence-corrected chi connectivity index (χ3v) is 6.13. The molecule has 2 aromatic carbocycles. The van der Waals surface area contributed by atoms with Crippen molar-refractivity contribution in [2.75, 3.05) is 5.32 Å². The summed E-state index contributed by atoms with van der Waals surface area (Å²) in [6, 6.07) is 16.2. The van der Waals surface area contributed by atoms with Gasteiger partial charge < -0.3 is 5.32 Å². The molecule has 3 rings (SSSR count). The Kier molecular flexibility index (Phi) is 5.63. The third kappa shape index (κ3) is 4.22. The summed E-state index contributed by atoms with van der Waals surface area (Å²) in [7, 11) is 0. The first kappa shape index (κ1) is 17.1. The quantitative estimate of drug-likeness (QED) is 0.814. The molecule has 1 aliphatic rings. The predicted octanol–water partition coefficient (Wildman–Crippen LogP) is 5.24. The Hall–Kier alpha value is -1.72. The normalized spacial score (nSPS) is 14.5. The van der Waals surface area contributed by atoms with Crippen LogP contribution in [0.4, 0.5) is 11.4 Å². The minimum atomic E-state index is -0.188. The monoisotopic (exact) mass is 356 g/mol. The number of benzene rings is 2. The fourth-order valence-electron chi connectivity index (χ4n) is 2.34. The van der Waals surface area contributed by atoms with Crippen LogP contribution in [0.15, 0.2) is 53.5 Å². The van der Waals surface area contributed by atoms with E-state index in [-0.39, 0.29) is 11.2 Å². The Labute approximate surface area is 151 Å². The van der Waals surface area contributed by atoms with E-state index in [9.17, 15) is 4.79 Å². The molecule has 0 saturated carbocycles. The highest BCUT2D eigenvalue weighted by molar-refractivity contribution is 8.39. The van der Waals surface area contributed by atoms with Gasteiger partial charge in [-0.05, 0) is 42.7 Å². The van der Waals surface area contributed by atoms with Gasteiger partial charge in [-0.15, -0.1) is 0 Å². The molecule has 0 aliphatic carbocycles. The van der Waals surface area contributed by atoms with Gasteiger partial charge in [0.15, 0.2) is 0 Å². The number of hydrogen-bond donors (Lipinski definition) is 1. The molecule has 1 N–H and O–H groups in total. The molecular formula is C19H20N2OS2. The Morgan fingerprint density at radius 3 is 2.75 bits per heavy atom. The van der Waals surface area contributed by atoms with Crippen molar-refractivity contribution in [1.82, 2.24) is 0 Å². The maximum Gasteiger partial charge on any atom is 0.237 e. The number of fused-ring (bicyclic) bond motifs is 1. The van der Waals surface area contributed by atoms with Crippen LogP contribution in [0.5, 0.6) is 0 Å². The van der Waals surface area contributed by atoms with Crippen molar-refractivity contribution in [3.05, 3.63) is 59.7 Å². The largest absolute Gasteiger partial charge is 0.325 e. The van der Waals surface area contributed by atoms with Crippen LogP contribution < -0.4 is 5.32 Å². The standard InChI is InChI=1S/C19H20N2OS2/c1-3-14-8-10-16(11-9-14)20-18(22)13(2)24-19-21-17-7-5-4-6-15(17)12-23-19/h4-11,13H,3,12H2,1-2H3,(H,20,22)/t13-/m1/s1. The fourth-order valence-corrected chi connectivity index (χ4v) is 4.53. The molecule has 1 amide bonds. The van der Waals surface area contributed by atoms with Crippen LogP contribution in [0.25, 0.3) is 0 Å². The summed E-state index contributed by atoms with van der Waals surface area (Å²) in [4.78, 5) is 17.1. The lowest BCUT2D eigenvalue weighted by molar-refractivity contribution is -0.115. The molecule has 0 spiro atoms. The third-order valence-electron chi connectivity index (χ3n) is 3.83. The highest BCUT2D eigenvalue weighted by Gasteiger charge is 2.20. The Morgan fingerprint density at radius 1 is 1.25 bits per heavy atom. The summed E-state index contributed by atoms with van der Waals surface area (Å²) in [5.41, 5.74) is 4.37. The van der Waals surface area contributed by atoms with Gasteiger partial charge in [-0.1, -0.05) is 60.8 Å². The van der Waals surface area contributed by atoms with Gasteiger partial charge in [0.1, 0.15) is 4.38 Å². The molecule has 0 fully saturated rings. The molecule has 24 heavy (non-hydrogen) atoms. The van der Waals surface area contributed by atoms with E-state index in [1.807, 2.05) is 49.4 Å². The molecule has 2 aromatic rings. The highest BCUT2D eigenvalue weighted by atomic mass is 32.2. The second-order valence-corrected chi connectivity index (χ2v) is 8.15. The van der Waals surface area contributed by atoms with Gasteiger partial charge in [-0.25, -0.2) is 4.99 Å². The first-order valence-electron chi connectivity index (χ1n) is 8.01. The molecular weight excluding hydrogens is 336 g/mol. The van der Waals surface area contributed by atoms with Gasteiger partial charge in [0.25, 0.3) is 0 Å². The smallest absolute Gasteiger partial charge is 0.237 e. The predicted molar refractivity (Wildman–Crippen MR) is 106 cm³/mol. The molecule has 1 heterocycles. The molecule has 0 unspecified atom stereocenters. The maximum absolute atomic E-state index is 12.4. The van der Waals surface area contributed by atoms with Crippen molar-refractivity contribution >= 4 is 45.2 Å². The van der Waals surface area contributed by atoms with E-state index in [1.54, 1.807) is 11.8 Å². The van der Waals surface area contributed by atoms with Crippen LogP contribution in [-0.4, -0.2) is 15.5 Å². The van der Waals surface area contributed by atoms with Crippen LogP contribution >= 0.6 is 23.5 Å². The SMILES string of the molecule is CCc1ccc(NC(=O)[C@@H](C)SC2=Nc3ccccc3CS2)cc1. The van der Waals surface area contributed by atoms with Gasteiger partial charge in [-0.3, -0.25) is 4.79 Å². The number of rotatable bonds is 4. The van der Waals surface area contributed by atoms with Crippen molar-refractivity contribution < 1.29 is 4.79 Å². The van der Waals surface area contributed by atoms with Gasteiger partial charge in [0.05, 0.1) is 10.9 Å². The fraction of sp³-hybridized carbons (Fsp3) is 0.263. The van der Waals surface area contributed by atoms with E-state index in [1.165, 1.54) is 22.9 Å². The number of para-hydroxylation sites is 1. The molecule has 0 saturated heterocycles. The van der Waals surface area contributed by atoms with Crippen molar-refractivity contribution in [1.29, 1.82) is 0 Å². The van der Waals surface area contributed by atoms with Crippen molar-refractivity contribution in [3.8, 4) is 0 Å². The van der Waals surface area contributed by atoms with E-state index >= 15 is 0 Å². The zero-order valence-electron chi connectivity index (χ0n) is 13.8. The van der Waals surface area contributed by atoms with Crippen LogP contribution in [-0.2, 0) is 17.0 Å². The summed E-state index contributed by atoms with van der Waals surface area (Å²) in [5.74, 6) is 0.917. The van der Waals surface area contributed by atoms with Gasteiger partial charge >= 0.3 is 0 Å². The average Bonchev–Trinajstić information content (AvgIpc) is 2.62. The second kappa shape index (κ2) is 7.90. The summed E-state index contributed by atoms with van der Waals surface area (Å²) >= 11 is 3.22. The van der Waals surface area contributed by atoms with Crippen molar-refractivity contribution in [2.45, 2.75) is 31.3 Å². The topological polar surface area (TPSA) is 41.5 Å². The highest BCUT2D eigenvalue weighted by Crippen LogP contribution is 2.35. The minimum absolute atomic E-state index is 0.00593. The minimum Gasteiger partial charge on any atom is -0.325 e. The van der Waals surface area contributed by atoms with Crippen LogP contribution in [0.3, 0.4) is 0 Å². The maximum atomic E-state index is 12.4. The molecule has 3 nitrogen and oxygen atoms in total. The number of carbonyl (C=O) groups excluding carboxylic acids is 1. The number of thioether (sulfide) groups is 2. The number of nitrogens with zero attached hydrogens (tertiary/aromatic N) is 1. The average molecular weight is 357 g/mol. The zero-order chi connectivity index (χ0) is 16.9. The van der Waals surface area contributed by atoms with Crippen molar-refractivity contribution in [3.63, 3.8) is 0 Å². The molecule has 1 aliphatic heterocycles. The lowest BCUT2D eigenvalue weighted by Gasteiger charge is -2.17. The summed E-state index contributed by atoms with van der Waals surface area (Å²) in [6.45, 7) is 4.04. The number of carbonyl (C=O) groups is 1. The van der Waals surface area contributed by atoms with E-state index in [2.05, 4.69) is 23.3 Å². The molecule has 0 radical (unpaired) electrons. The Bertz CT molecular complexity index is 756. The molecule has 124 valence electrons. The Morgan fingerprint density at radius 2 is 2.00 bits per heavy atom. The first-order chi connectivity index (χ1) is 11.7. The second-order valence-electron chi connectivity index (χ2n) is 5.59. The number of aryl methyl sites for hydroxylation is 1. The number of amides is 1. The summed E-state index contributed by atoms with van der Waals surface area (Å²) < 4.78 is 0.956. The van der Waals surface area contributed by atoms with Gasteiger partial charge in [0, 0.05) is 11.4 Å². The molecule has 0 bridgehead atoms. The molecule has 1 atom stereocenters. The van der Waals surface area contributed by atoms with E-state index in [4.69, 9.17) is 0 Å². The van der Waals surface area contributed by atoms with E-state index < -0.39 is 0 Å². The zero-order valence-corrected chi connectivity index (χ0v) is 15.4. The summed E-state index contributed by atoms with van der Waals surface area (Å²) in [6.07, 6.45) is 0.999. The van der Waals surface area contributed by atoms with Crippen LogP contribution in [0.2, 0.25) is 0 Å². The molecule has 0 aromatic heterocycles. The van der Waals surface area contributed by atoms with E-state index in [0.29, 0.717) is 0 Å². The van der Waals surface area contributed by atoms with Gasteiger partial charge in [-0.2, -0.15) is 0 Å². The van der Waals surface area contributed by atoms with Crippen LogP contribution in [0, 0.1) is 0 Å². The first-order valence-corrected chi connectivity index (χ1v) is 9.88. The van der Waals surface area contributed by atoms with Gasteiger partial charge in [0.2, 0.25) is 5.91 Å². The number of anilines is 1. The number of hydrogen-bond acceptors (Lipinski definition) is 4. The summed E-state index contributed by atoms with van der Waals surface area (Å²) in [5, 5.41) is 2.79. The lowest BCUT2D eigenvalue weighted by Crippen LogP contribution is -2.23. The van der Waals surface area contributed by atoms with Crippen molar-refractivity contribution in [2.24, 2.45) is 4.99 Å². The number of nitrogens with one attached hydrogen (secondary N) is 1. The lowest BCUT2D eigenvalue weighted by atomic mass is 10.1.